The van der Waals surface area contributed by atoms with Crippen LogP contribution in [-0.4, -0.2) is 24.7 Å². The fraction of sp³-hybridized carbons (Fsp3) is 0.810. The smallest absolute Gasteiger partial charge is 0.0682 e. The summed E-state index contributed by atoms with van der Waals surface area (Å²) in [5, 5.41) is 3.34. The van der Waals surface area contributed by atoms with E-state index in [1.165, 1.54) is 83.5 Å². The number of hydrogen-bond acceptors (Lipinski definition) is 2. The van der Waals surface area contributed by atoms with E-state index in [-0.39, 0.29) is 0 Å². The van der Waals surface area contributed by atoms with Crippen molar-refractivity contribution in [2.75, 3.05) is 19.8 Å². The summed E-state index contributed by atoms with van der Waals surface area (Å²) < 4.78 is 0. The molecule has 0 aromatic rings. The average Bonchev–Trinajstić information content (AvgIpc) is 2.59. The Bertz CT molecular complexity index is 296. The van der Waals surface area contributed by atoms with Crippen LogP contribution in [0.1, 0.15) is 90.4 Å². The molecule has 0 unspecified atom stereocenters. The van der Waals surface area contributed by atoms with Crippen molar-refractivity contribution >= 4 is 0 Å². The first-order chi connectivity index (χ1) is 11.4. The maximum Gasteiger partial charge on any atom is 0.0682 e. The van der Waals surface area contributed by atoms with Crippen LogP contribution in [-0.2, 0) is 0 Å². The highest BCUT2D eigenvalue weighted by molar-refractivity contribution is 4.93. The molecule has 0 aromatic carbocycles. The van der Waals surface area contributed by atoms with Gasteiger partial charge in [-0.1, -0.05) is 95.8 Å². The van der Waals surface area contributed by atoms with Crippen molar-refractivity contribution in [2.45, 2.75) is 90.4 Å². The highest BCUT2D eigenvalue weighted by atomic mass is 15.2. The van der Waals surface area contributed by atoms with Gasteiger partial charge in [0, 0.05) is 13.1 Å². The van der Waals surface area contributed by atoms with Crippen molar-refractivity contribution in [1.82, 2.24) is 10.2 Å². The van der Waals surface area contributed by atoms with Crippen LogP contribution in [0.15, 0.2) is 24.4 Å². The predicted octanol–water partition coefficient (Wildman–Crippen LogP) is 6.01. The van der Waals surface area contributed by atoms with Gasteiger partial charge in [-0.2, -0.15) is 0 Å². The van der Waals surface area contributed by atoms with Crippen LogP contribution in [0.5, 0.6) is 0 Å². The first kappa shape index (κ1) is 20.3. The zero-order valence-corrected chi connectivity index (χ0v) is 15.6. The molecule has 0 aliphatic carbocycles. The molecule has 2 nitrogen and oxygen atoms in total. The molecule has 1 aliphatic heterocycles. The Balaban J connectivity index is 1.74. The van der Waals surface area contributed by atoms with Crippen molar-refractivity contribution in [2.24, 2.45) is 0 Å². The Labute approximate surface area is 145 Å². The first-order valence-corrected chi connectivity index (χ1v) is 10.2. The highest BCUT2D eigenvalue weighted by Gasteiger charge is 1.98. The van der Waals surface area contributed by atoms with Gasteiger partial charge in [0.25, 0.3) is 0 Å². The van der Waals surface area contributed by atoms with E-state index in [2.05, 4.69) is 41.6 Å². The summed E-state index contributed by atoms with van der Waals surface area (Å²) in [6, 6.07) is 0. The Morgan fingerprint density at radius 1 is 0.826 bits per heavy atom. The SMILES string of the molecule is CCCCCCCCCCCCCCC=CCN1C=CCNC1. The number of allylic oxidation sites excluding steroid dienone is 1. The van der Waals surface area contributed by atoms with Gasteiger partial charge in [0.05, 0.1) is 6.67 Å². The molecule has 2 heteroatoms. The van der Waals surface area contributed by atoms with Crippen molar-refractivity contribution < 1.29 is 0 Å². The topological polar surface area (TPSA) is 15.3 Å². The van der Waals surface area contributed by atoms with E-state index in [1.54, 1.807) is 0 Å². The van der Waals surface area contributed by atoms with E-state index in [4.69, 9.17) is 0 Å². The first-order valence-electron chi connectivity index (χ1n) is 10.2. The van der Waals surface area contributed by atoms with Gasteiger partial charge in [-0.05, 0) is 19.0 Å². The summed E-state index contributed by atoms with van der Waals surface area (Å²) in [6.07, 6.45) is 27.5. The molecule has 1 N–H and O–H groups in total. The van der Waals surface area contributed by atoms with E-state index in [1.807, 2.05) is 0 Å². The standard InChI is InChI=1S/C21H40N2/c1-2-3-4-5-6-7-8-9-10-11-12-13-14-15-16-19-23-20-17-18-22-21-23/h15-17,20,22H,2-14,18-19,21H2,1H3. The van der Waals surface area contributed by atoms with Crippen LogP contribution in [0.2, 0.25) is 0 Å². The Kier molecular flexibility index (Phi) is 14.2. The second-order valence-electron chi connectivity index (χ2n) is 6.92. The normalized spacial score (nSPS) is 14.9. The molecule has 0 bridgehead atoms. The molecule has 0 radical (unpaired) electrons. The molecule has 134 valence electrons. The molecule has 0 spiro atoms. The lowest BCUT2D eigenvalue weighted by molar-refractivity contribution is 0.366. The van der Waals surface area contributed by atoms with Crippen LogP contribution in [0.4, 0.5) is 0 Å². The minimum Gasteiger partial charge on any atom is -0.361 e. The van der Waals surface area contributed by atoms with E-state index in [0.717, 1.165) is 19.8 Å². The van der Waals surface area contributed by atoms with Gasteiger partial charge in [0.15, 0.2) is 0 Å². The number of nitrogens with zero attached hydrogens (tertiary/aromatic N) is 1. The molecule has 0 amide bonds. The Morgan fingerprint density at radius 3 is 2.00 bits per heavy atom. The van der Waals surface area contributed by atoms with E-state index in [0.29, 0.717) is 0 Å². The molecule has 0 saturated carbocycles. The fourth-order valence-electron chi connectivity index (χ4n) is 3.10. The zero-order chi connectivity index (χ0) is 16.4. The maximum absolute atomic E-state index is 3.34. The van der Waals surface area contributed by atoms with Gasteiger partial charge in [0.2, 0.25) is 0 Å². The van der Waals surface area contributed by atoms with Crippen LogP contribution in [0.25, 0.3) is 0 Å². The van der Waals surface area contributed by atoms with E-state index >= 15 is 0 Å². The quantitative estimate of drug-likeness (QED) is 0.293. The van der Waals surface area contributed by atoms with Gasteiger partial charge in [-0.15, -0.1) is 0 Å². The Morgan fingerprint density at radius 2 is 1.43 bits per heavy atom. The monoisotopic (exact) mass is 320 g/mol. The number of rotatable bonds is 15. The van der Waals surface area contributed by atoms with Gasteiger partial charge in [0.1, 0.15) is 0 Å². The molecular weight excluding hydrogens is 280 g/mol. The zero-order valence-electron chi connectivity index (χ0n) is 15.6. The van der Waals surface area contributed by atoms with Gasteiger partial charge in [-0.3, -0.25) is 5.32 Å². The summed E-state index contributed by atoms with van der Waals surface area (Å²) in [4.78, 5) is 2.31. The van der Waals surface area contributed by atoms with Crippen molar-refractivity contribution in [1.29, 1.82) is 0 Å². The molecule has 0 fully saturated rings. The third-order valence-electron chi connectivity index (χ3n) is 4.62. The summed E-state index contributed by atoms with van der Waals surface area (Å²) >= 11 is 0. The van der Waals surface area contributed by atoms with Crippen LogP contribution < -0.4 is 5.32 Å². The van der Waals surface area contributed by atoms with Gasteiger partial charge < -0.3 is 4.90 Å². The third-order valence-corrected chi connectivity index (χ3v) is 4.62. The molecule has 1 aliphatic rings. The molecule has 0 atom stereocenters. The van der Waals surface area contributed by atoms with Crippen molar-refractivity contribution in [3.8, 4) is 0 Å². The highest BCUT2D eigenvalue weighted by Crippen LogP contribution is 2.12. The minimum atomic E-state index is 0.986. The summed E-state index contributed by atoms with van der Waals surface area (Å²) in [7, 11) is 0. The molecular formula is C21H40N2. The lowest BCUT2D eigenvalue weighted by Gasteiger charge is -2.22. The van der Waals surface area contributed by atoms with Crippen LogP contribution >= 0.6 is 0 Å². The van der Waals surface area contributed by atoms with Gasteiger partial charge >= 0.3 is 0 Å². The molecule has 0 saturated heterocycles. The summed E-state index contributed by atoms with van der Waals surface area (Å²) in [5.41, 5.74) is 0. The average molecular weight is 321 g/mol. The third kappa shape index (κ3) is 13.4. The van der Waals surface area contributed by atoms with Crippen LogP contribution in [0.3, 0.4) is 0 Å². The maximum atomic E-state index is 3.34. The predicted molar refractivity (Wildman–Crippen MR) is 104 cm³/mol. The molecule has 23 heavy (non-hydrogen) atoms. The lowest BCUT2D eigenvalue weighted by atomic mass is 10.0. The van der Waals surface area contributed by atoms with E-state index in [9.17, 15) is 0 Å². The van der Waals surface area contributed by atoms with E-state index < -0.39 is 0 Å². The molecule has 0 aromatic heterocycles. The molecule has 1 heterocycles. The molecule has 1 rings (SSSR count). The second kappa shape index (κ2) is 16.1. The fourth-order valence-corrected chi connectivity index (χ4v) is 3.10. The number of nitrogens with one attached hydrogen (secondary N) is 1. The Hall–Kier alpha value is -0.760. The minimum absolute atomic E-state index is 0.986. The second-order valence-corrected chi connectivity index (χ2v) is 6.92. The van der Waals surface area contributed by atoms with Crippen molar-refractivity contribution in [3.05, 3.63) is 24.4 Å². The number of unbranched alkanes of at least 4 members (excludes halogenated alkanes) is 12. The lowest BCUT2D eigenvalue weighted by Crippen LogP contribution is -2.34. The largest absolute Gasteiger partial charge is 0.361 e. The summed E-state index contributed by atoms with van der Waals surface area (Å²) in [6.45, 7) is 5.33. The van der Waals surface area contributed by atoms with Crippen molar-refractivity contribution in [3.63, 3.8) is 0 Å². The van der Waals surface area contributed by atoms with Crippen LogP contribution in [0, 0.1) is 0 Å². The summed E-state index contributed by atoms with van der Waals surface area (Å²) in [5.74, 6) is 0. The number of hydrogen-bond donors (Lipinski definition) is 1. The van der Waals surface area contributed by atoms with Gasteiger partial charge in [-0.25, -0.2) is 0 Å².